The quantitative estimate of drug-likeness (QED) is 0.343. The molecule has 0 aromatic rings. The van der Waals surface area contributed by atoms with Gasteiger partial charge < -0.3 is 0 Å². The van der Waals surface area contributed by atoms with Gasteiger partial charge in [0, 0.05) is 0 Å². The maximum atomic E-state index is 4.30. The highest BCUT2D eigenvalue weighted by Crippen LogP contribution is 2.28. The Labute approximate surface area is 110 Å². The van der Waals surface area contributed by atoms with Gasteiger partial charge in [0.25, 0.3) is 0 Å². The third kappa shape index (κ3) is 5.24. The summed E-state index contributed by atoms with van der Waals surface area (Å²) < 4.78 is 0. The molecule has 1 heteroatoms. The zero-order valence-electron chi connectivity index (χ0n) is 12.7. The molecule has 0 aliphatic carbocycles. The van der Waals surface area contributed by atoms with E-state index in [9.17, 15) is 0 Å². The Bertz CT molecular complexity index is 238. The molecule has 0 atom stereocenters. The lowest BCUT2D eigenvalue weighted by molar-refractivity contribution is 0.856. The molecule has 0 unspecified atom stereocenters. The van der Waals surface area contributed by atoms with Crippen LogP contribution < -0.4 is 0 Å². The number of hydrogen-bond donors (Lipinski definition) is 0. The van der Waals surface area contributed by atoms with Crippen LogP contribution in [0.15, 0.2) is 23.4 Å². The molecular weight excluding hydrogens is 220 g/mol. The Kier molecular flexibility index (Phi) is 8.58. The Hall–Kier alpha value is -0.303. The van der Waals surface area contributed by atoms with Gasteiger partial charge in [0.2, 0.25) is 0 Å². The van der Waals surface area contributed by atoms with Crippen LogP contribution in [0.4, 0.5) is 0 Å². The van der Waals surface area contributed by atoms with Crippen LogP contribution in [0.3, 0.4) is 0 Å². The third-order valence-corrected chi connectivity index (χ3v) is 9.30. The average molecular weight is 253 g/mol. The van der Waals surface area contributed by atoms with Crippen LogP contribution in [0.25, 0.3) is 0 Å². The highest BCUT2D eigenvalue weighted by Gasteiger charge is 2.24. The van der Waals surface area contributed by atoms with Crippen molar-refractivity contribution < 1.29 is 0 Å². The second kappa shape index (κ2) is 8.74. The molecule has 0 saturated heterocycles. The standard InChI is InChI=1S/C16H32Si/c1-7-12-15(6)16(13-8-2)14-17(9-3,10-4)11-5/h14H,6-13H2,1-5H3. The largest absolute Gasteiger partial charge is 0.0956 e. The fraction of sp³-hybridized carbons (Fsp3) is 0.750. The molecule has 0 nitrogen and oxygen atoms in total. The van der Waals surface area contributed by atoms with Gasteiger partial charge in [0.15, 0.2) is 0 Å². The van der Waals surface area contributed by atoms with Gasteiger partial charge in [-0.3, -0.25) is 0 Å². The Balaban J connectivity index is 5.05. The van der Waals surface area contributed by atoms with Crippen molar-refractivity contribution in [3.8, 4) is 0 Å². The van der Waals surface area contributed by atoms with Crippen LogP contribution in [-0.4, -0.2) is 8.07 Å². The molecule has 0 rings (SSSR count). The topological polar surface area (TPSA) is 0 Å². The molecular formula is C16H32Si. The summed E-state index contributed by atoms with van der Waals surface area (Å²) in [4.78, 5) is 0. The molecule has 0 aliphatic rings. The van der Waals surface area contributed by atoms with E-state index < -0.39 is 8.07 Å². The van der Waals surface area contributed by atoms with Crippen molar-refractivity contribution in [2.75, 3.05) is 0 Å². The minimum Gasteiger partial charge on any atom is -0.0956 e. The smallest absolute Gasteiger partial charge is 0.0773 e. The third-order valence-electron chi connectivity index (χ3n) is 4.12. The molecule has 0 bridgehead atoms. The van der Waals surface area contributed by atoms with Gasteiger partial charge in [0.1, 0.15) is 0 Å². The molecule has 0 aromatic carbocycles. The van der Waals surface area contributed by atoms with Crippen LogP contribution in [0.1, 0.15) is 60.3 Å². The first kappa shape index (κ1) is 16.7. The predicted octanol–water partition coefficient (Wildman–Crippen LogP) is 6.12. The Morgan fingerprint density at radius 3 is 1.71 bits per heavy atom. The van der Waals surface area contributed by atoms with Gasteiger partial charge in [-0.25, -0.2) is 0 Å². The van der Waals surface area contributed by atoms with Crippen LogP contribution in [0.5, 0.6) is 0 Å². The van der Waals surface area contributed by atoms with E-state index >= 15 is 0 Å². The van der Waals surface area contributed by atoms with Gasteiger partial charge >= 0.3 is 0 Å². The summed E-state index contributed by atoms with van der Waals surface area (Å²) in [6.07, 6.45) is 4.87. The van der Waals surface area contributed by atoms with Crippen LogP contribution in [0.2, 0.25) is 18.1 Å². The fourth-order valence-electron chi connectivity index (χ4n) is 2.51. The van der Waals surface area contributed by atoms with E-state index in [0.717, 1.165) is 0 Å². The average Bonchev–Trinajstić information content (AvgIpc) is 2.35. The minimum atomic E-state index is -1.13. The monoisotopic (exact) mass is 252 g/mol. The normalized spacial score (nSPS) is 12.9. The van der Waals surface area contributed by atoms with Gasteiger partial charge in [-0.1, -0.05) is 89.0 Å². The van der Waals surface area contributed by atoms with Crippen molar-refractivity contribution >= 4 is 8.07 Å². The first-order valence-electron chi connectivity index (χ1n) is 7.48. The van der Waals surface area contributed by atoms with Gasteiger partial charge in [-0.15, -0.1) is 0 Å². The maximum Gasteiger partial charge on any atom is 0.0773 e. The van der Waals surface area contributed by atoms with Gasteiger partial charge in [-0.05, 0) is 12.8 Å². The lowest BCUT2D eigenvalue weighted by Crippen LogP contribution is -2.29. The summed E-state index contributed by atoms with van der Waals surface area (Å²) in [5.41, 5.74) is 5.68. The molecule has 0 fully saturated rings. The first-order chi connectivity index (χ1) is 8.09. The molecule has 0 aliphatic heterocycles. The molecule has 0 amide bonds. The highest BCUT2D eigenvalue weighted by atomic mass is 28.3. The number of rotatable bonds is 9. The van der Waals surface area contributed by atoms with E-state index in [1.54, 1.807) is 5.57 Å². The lowest BCUT2D eigenvalue weighted by Gasteiger charge is -2.26. The van der Waals surface area contributed by atoms with Gasteiger partial charge in [-0.2, -0.15) is 0 Å². The van der Waals surface area contributed by atoms with Crippen LogP contribution in [0, 0.1) is 0 Å². The molecule has 0 saturated carbocycles. The molecule has 100 valence electrons. The van der Waals surface area contributed by atoms with E-state index in [4.69, 9.17) is 0 Å². The lowest BCUT2D eigenvalue weighted by atomic mass is 10.0. The predicted molar refractivity (Wildman–Crippen MR) is 84.2 cm³/mol. The molecule has 0 heterocycles. The van der Waals surface area contributed by atoms with E-state index in [-0.39, 0.29) is 0 Å². The van der Waals surface area contributed by atoms with E-state index in [1.807, 2.05) is 0 Å². The van der Waals surface area contributed by atoms with Crippen LogP contribution >= 0.6 is 0 Å². The van der Waals surface area contributed by atoms with E-state index in [0.29, 0.717) is 0 Å². The molecule has 0 N–H and O–H groups in total. The zero-order valence-corrected chi connectivity index (χ0v) is 13.7. The number of allylic oxidation sites excluding steroid dienone is 2. The van der Waals surface area contributed by atoms with E-state index in [1.165, 1.54) is 49.4 Å². The molecule has 0 aromatic heterocycles. The van der Waals surface area contributed by atoms with Crippen molar-refractivity contribution in [3.63, 3.8) is 0 Å². The van der Waals surface area contributed by atoms with Gasteiger partial charge in [0.05, 0.1) is 8.07 Å². The zero-order chi connectivity index (χ0) is 13.3. The maximum absolute atomic E-state index is 4.30. The number of hydrogen-bond acceptors (Lipinski definition) is 0. The minimum absolute atomic E-state index is 1.13. The molecule has 17 heavy (non-hydrogen) atoms. The summed E-state index contributed by atoms with van der Waals surface area (Å²) >= 11 is 0. The van der Waals surface area contributed by atoms with Crippen molar-refractivity contribution in [3.05, 3.63) is 23.4 Å². The highest BCUT2D eigenvalue weighted by molar-refractivity contribution is 6.84. The SMILES string of the molecule is C=C(CCC)C(=C[Si](CC)(CC)CC)CCC. The fourth-order valence-corrected chi connectivity index (χ4v) is 5.71. The second-order valence-electron chi connectivity index (χ2n) is 5.20. The van der Waals surface area contributed by atoms with Crippen molar-refractivity contribution in [1.29, 1.82) is 0 Å². The van der Waals surface area contributed by atoms with Crippen molar-refractivity contribution in [2.45, 2.75) is 78.4 Å². The summed E-state index contributed by atoms with van der Waals surface area (Å²) in [5, 5.41) is 0. The molecule has 0 spiro atoms. The summed E-state index contributed by atoms with van der Waals surface area (Å²) in [5.74, 6) is 0. The summed E-state index contributed by atoms with van der Waals surface area (Å²) in [6.45, 7) is 16.0. The summed E-state index contributed by atoms with van der Waals surface area (Å²) in [6, 6.07) is 4.14. The first-order valence-corrected chi connectivity index (χ1v) is 10.2. The Morgan fingerprint density at radius 1 is 0.882 bits per heavy atom. The van der Waals surface area contributed by atoms with E-state index in [2.05, 4.69) is 46.9 Å². The van der Waals surface area contributed by atoms with Crippen molar-refractivity contribution in [2.24, 2.45) is 0 Å². The van der Waals surface area contributed by atoms with Crippen LogP contribution in [-0.2, 0) is 0 Å². The van der Waals surface area contributed by atoms with Crippen molar-refractivity contribution in [1.82, 2.24) is 0 Å². The summed E-state index contributed by atoms with van der Waals surface area (Å²) in [7, 11) is -1.13. The second-order valence-corrected chi connectivity index (χ2v) is 10.3. The Morgan fingerprint density at radius 2 is 1.35 bits per heavy atom. The molecule has 0 radical (unpaired) electrons.